The highest BCUT2D eigenvalue weighted by Crippen LogP contribution is 2.32. The van der Waals surface area contributed by atoms with Crippen LogP contribution in [0.3, 0.4) is 0 Å². The molecule has 0 heterocycles. The van der Waals surface area contributed by atoms with E-state index in [2.05, 4.69) is 5.32 Å². The van der Waals surface area contributed by atoms with Crippen LogP contribution >= 0.6 is 0 Å². The molecular formula is C19H28F2N2O2. The molecule has 0 spiro atoms. The van der Waals surface area contributed by atoms with E-state index in [9.17, 15) is 13.6 Å². The fourth-order valence-electron chi connectivity index (χ4n) is 3.40. The molecule has 0 radical (unpaired) electrons. The number of anilines is 2. The van der Waals surface area contributed by atoms with Crippen LogP contribution in [-0.4, -0.2) is 18.9 Å². The van der Waals surface area contributed by atoms with Crippen LogP contribution in [0.1, 0.15) is 57.8 Å². The van der Waals surface area contributed by atoms with Gasteiger partial charge in [0.15, 0.2) is 0 Å². The number of nitrogens with one attached hydrogen (secondary N) is 1. The largest absolute Gasteiger partial charge is 0.497 e. The summed E-state index contributed by atoms with van der Waals surface area (Å²) < 4.78 is 33.1. The van der Waals surface area contributed by atoms with E-state index in [1.807, 2.05) is 0 Å². The van der Waals surface area contributed by atoms with Crippen LogP contribution < -0.4 is 15.8 Å². The lowest BCUT2D eigenvalue weighted by Crippen LogP contribution is -2.25. The summed E-state index contributed by atoms with van der Waals surface area (Å²) in [5.41, 5.74) is 6.36. The number of rotatable bonds is 9. The second-order valence-corrected chi connectivity index (χ2v) is 6.93. The summed E-state index contributed by atoms with van der Waals surface area (Å²) in [6.45, 7) is 0. The van der Waals surface area contributed by atoms with Crippen molar-refractivity contribution in [2.24, 2.45) is 5.92 Å². The first-order chi connectivity index (χ1) is 11.9. The number of nitrogens with two attached hydrogens (primary N) is 1. The van der Waals surface area contributed by atoms with Crippen LogP contribution in [0, 0.1) is 5.92 Å². The van der Waals surface area contributed by atoms with Crippen molar-refractivity contribution in [3.05, 3.63) is 18.2 Å². The molecule has 0 bridgehead atoms. The van der Waals surface area contributed by atoms with E-state index in [4.69, 9.17) is 10.5 Å². The van der Waals surface area contributed by atoms with Gasteiger partial charge in [0.25, 0.3) is 5.92 Å². The van der Waals surface area contributed by atoms with Crippen LogP contribution in [0.25, 0.3) is 0 Å². The molecule has 4 nitrogen and oxygen atoms in total. The SMILES string of the molecule is COc1ccc(N)c(NC(=O)CC(F)(F)CCCCC2CCCC2)c1. The molecule has 140 valence electrons. The van der Waals surface area contributed by atoms with E-state index in [1.54, 1.807) is 12.1 Å². The molecule has 0 atom stereocenters. The Labute approximate surface area is 148 Å². The van der Waals surface area contributed by atoms with Gasteiger partial charge in [-0.1, -0.05) is 38.5 Å². The minimum atomic E-state index is -2.99. The predicted molar refractivity (Wildman–Crippen MR) is 96.0 cm³/mol. The van der Waals surface area contributed by atoms with Gasteiger partial charge in [0.2, 0.25) is 5.91 Å². The zero-order chi connectivity index (χ0) is 18.3. The number of nitrogen functional groups attached to an aromatic ring is 1. The second kappa shape index (κ2) is 9.02. The molecular weight excluding hydrogens is 326 g/mol. The van der Waals surface area contributed by atoms with Crippen molar-refractivity contribution in [3.8, 4) is 5.75 Å². The number of unbranched alkanes of at least 4 members (excludes halogenated alkanes) is 1. The Balaban J connectivity index is 1.75. The van der Waals surface area contributed by atoms with E-state index in [-0.39, 0.29) is 6.42 Å². The number of amides is 1. The second-order valence-electron chi connectivity index (χ2n) is 6.93. The molecule has 1 saturated carbocycles. The summed E-state index contributed by atoms with van der Waals surface area (Å²) in [4.78, 5) is 11.9. The highest BCUT2D eigenvalue weighted by molar-refractivity contribution is 5.94. The standard InChI is InChI=1S/C19H28F2N2O2/c1-25-15-9-10-16(22)17(12-15)23-18(24)13-19(20,21)11-5-4-8-14-6-2-3-7-14/h9-10,12,14H,2-8,11,13,22H2,1H3,(H,23,24). The Morgan fingerprint density at radius 3 is 2.72 bits per heavy atom. The molecule has 1 aliphatic carbocycles. The number of carbonyl (C=O) groups is 1. The first-order valence-corrected chi connectivity index (χ1v) is 9.01. The maximum atomic E-state index is 14.0. The quantitative estimate of drug-likeness (QED) is 0.485. The van der Waals surface area contributed by atoms with Crippen LogP contribution in [0.4, 0.5) is 20.2 Å². The number of halogens is 2. The minimum Gasteiger partial charge on any atom is -0.497 e. The molecule has 0 unspecified atom stereocenters. The Morgan fingerprint density at radius 2 is 2.04 bits per heavy atom. The Kier molecular flexibility index (Phi) is 7.02. The molecule has 6 heteroatoms. The molecule has 0 aromatic heterocycles. The van der Waals surface area contributed by atoms with Crippen LogP contribution in [0.15, 0.2) is 18.2 Å². The predicted octanol–water partition coefficient (Wildman–Crippen LogP) is 4.99. The maximum Gasteiger partial charge on any atom is 0.256 e. The van der Waals surface area contributed by atoms with Gasteiger partial charge in [-0.2, -0.15) is 0 Å². The van der Waals surface area contributed by atoms with Crippen LogP contribution in [0.2, 0.25) is 0 Å². The molecule has 2 rings (SSSR count). The monoisotopic (exact) mass is 354 g/mol. The van der Waals surface area contributed by atoms with Gasteiger partial charge in [0, 0.05) is 12.5 Å². The smallest absolute Gasteiger partial charge is 0.256 e. The number of hydrogen-bond acceptors (Lipinski definition) is 3. The van der Waals surface area contributed by atoms with E-state index in [0.29, 0.717) is 29.5 Å². The summed E-state index contributed by atoms with van der Waals surface area (Å²) in [5, 5.41) is 2.45. The number of alkyl halides is 2. The van der Waals surface area contributed by atoms with Crippen LogP contribution in [0.5, 0.6) is 5.75 Å². The lowest BCUT2D eigenvalue weighted by Gasteiger charge is -2.17. The van der Waals surface area contributed by atoms with Crippen molar-refractivity contribution >= 4 is 17.3 Å². The average Bonchev–Trinajstić information content (AvgIpc) is 3.06. The fraction of sp³-hybridized carbons (Fsp3) is 0.632. The van der Waals surface area contributed by atoms with Gasteiger partial charge < -0.3 is 15.8 Å². The lowest BCUT2D eigenvalue weighted by atomic mass is 9.98. The number of benzene rings is 1. The normalized spacial score (nSPS) is 15.3. The van der Waals surface area contributed by atoms with Gasteiger partial charge in [-0.3, -0.25) is 4.79 Å². The van der Waals surface area contributed by atoms with Gasteiger partial charge in [-0.25, -0.2) is 8.78 Å². The number of methoxy groups -OCH3 is 1. The molecule has 1 fully saturated rings. The first kappa shape index (κ1) is 19.5. The van der Waals surface area contributed by atoms with Gasteiger partial charge in [-0.15, -0.1) is 0 Å². The summed E-state index contributed by atoms with van der Waals surface area (Å²) in [5.74, 6) is -2.51. The summed E-state index contributed by atoms with van der Waals surface area (Å²) >= 11 is 0. The Hall–Kier alpha value is -1.85. The van der Waals surface area contributed by atoms with Crippen molar-refractivity contribution < 1.29 is 18.3 Å². The van der Waals surface area contributed by atoms with Crippen molar-refractivity contribution in [2.45, 2.75) is 63.7 Å². The zero-order valence-electron chi connectivity index (χ0n) is 14.8. The third-order valence-corrected chi connectivity index (χ3v) is 4.83. The molecule has 3 N–H and O–H groups in total. The van der Waals surface area contributed by atoms with E-state index in [1.165, 1.54) is 38.9 Å². The van der Waals surface area contributed by atoms with Gasteiger partial charge in [0.05, 0.1) is 24.9 Å². The minimum absolute atomic E-state index is 0.249. The van der Waals surface area contributed by atoms with Gasteiger partial charge in [0.1, 0.15) is 5.75 Å². The molecule has 1 aromatic rings. The summed E-state index contributed by atoms with van der Waals surface area (Å²) in [6, 6.07) is 4.73. The Bertz CT molecular complexity index is 573. The molecule has 1 amide bonds. The molecule has 1 aliphatic rings. The van der Waals surface area contributed by atoms with Crippen molar-refractivity contribution in [3.63, 3.8) is 0 Å². The summed E-state index contributed by atoms with van der Waals surface area (Å²) in [6.07, 6.45) is 6.24. The fourth-order valence-corrected chi connectivity index (χ4v) is 3.40. The van der Waals surface area contributed by atoms with Gasteiger partial charge >= 0.3 is 0 Å². The number of hydrogen-bond donors (Lipinski definition) is 2. The lowest BCUT2D eigenvalue weighted by molar-refractivity contribution is -0.123. The molecule has 0 aliphatic heterocycles. The number of carbonyl (C=O) groups excluding carboxylic acids is 1. The van der Waals surface area contributed by atoms with Crippen molar-refractivity contribution in [1.29, 1.82) is 0 Å². The first-order valence-electron chi connectivity index (χ1n) is 9.01. The van der Waals surface area contributed by atoms with E-state index >= 15 is 0 Å². The van der Waals surface area contributed by atoms with E-state index in [0.717, 1.165) is 12.8 Å². The van der Waals surface area contributed by atoms with Crippen molar-refractivity contribution in [1.82, 2.24) is 0 Å². The zero-order valence-corrected chi connectivity index (χ0v) is 14.8. The van der Waals surface area contributed by atoms with Crippen molar-refractivity contribution in [2.75, 3.05) is 18.2 Å². The molecule has 1 aromatic carbocycles. The summed E-state index contributed by atoms with van der Waals surface area (Å²) in [7, 11) is 1.48. The highest BCUT2D eigenvalue weighted by atomic mass is 19.3. The third kappa shape index (κ3) is 6.52. The molecule has 25 heavy (non-hydrogen) atoms. The van der Waals surface area contributed by atoms with E-state index < -0.39 is 18.3 Å². The Morgan fingerprint density at radius 1 is 1.32 bits per heavy atom. The number of ether oxygens (including phenoxy) is 1. The highest BCUT2D eigenvalue weighted by Gasteiger charge is 2.32. The van der Waals surface area contributed by atoms with Crippen LogP contribution in [-0.2, 0) is 4.79 Å². The topological polar surface area (TPSA) is 64.3 Å². The third-order valence-electron chi connectivity index (χ3n) is 4.83. The average molecular weight is 354 g/mol. The molecule has 0 saturated heterocycles. The maximum absolute atomic E-state index is 14.0. The van der Waals surface area contributed by atoms with Gasteiger partial charge in [-0.05, 0) is 24.5 Å².